The summed E-state index contributed by atoms with van der Waals surface area (Å²) in [5.74, 6) is -1.43. The first-order valence-corrected chi connectivity index (χ1v) is 7.20. The van der Waals surface area contributed by atoms with Crippen LogP contribution in [-0.4, -0.2) is 17.0 Å². The van der Waals surface area contributed by atoms with Crippen molar-refractivity contribution in [3.8, 4) is 0 Å². The highest BCUT2D eigenvalue weighted by Gasteiger charge is 2.14. The first-order chi connectivity index (χ1) is 9.97. The van der Waals surface area contributed by atoms with Gasteiger partial charge in [-0.3, -0.25) is 4.79 Å². The lowest BCUT2D eigenvalue weighted by molar-refractivity contribution is -0.115. The number of aromatic carboxylic acids is 1. The predicted molar refractivity (Wildman–Crippen MR) is 84.9 cm³/mol. The van der Waals surface area contributed by atoms with E-state index in [1.807, 2.05) is 0 Å². The molecule has 2 aromatic carbocycles. The quantitative estimate of drug-likeness (QED) is 0.858. The lowest BCUT2D eigenvalue weighted by atomic mass is 10.1. The Labute approximate surface area is 134 Å². The number of carbonyl (C=O) groups excluding carboxylic acids is 1. The van der Waals surface area contributed by atoms with Gasteiger partial charge in [0.2, 0.25) is 5.91 Å². The molecular weight excluding hydrogens is 358 g/mol. The number of halogens is 2. The second kappa shape index (κ2) is 6.74. The van der Waals surface area contributed by atoms with E-state index in [4.69, 9.17) is 16.7 Å². The van der Waals surface area contributed by atoms with Crippen molar-refractivity contribution < 1.29 is 14.7 Å². The van der Waals surface area contributed by atoms with E-state index in [1.54, 1.807) is 36.4 Å². The predicted octanol–water partition coefficient (Wildman–Crippen LogP) is 3.98. The Morgan fingerprint density at radius 3 is 2.57 bits per heavy atom. The number of anilines is 1. The van der Waals surface area contributed by atoms with E-state index in [0.29, 0.717) is 15.1 Å². The van der Waals surface area contributed by atoms with E-state index < -0.39 is 5.97 Å². The van der Waals surface area contributed by atoms with Crippen molar-refractivity contribution in [3.05, 3.63) is 63.1 Å². The van der Waals surface area contributed by atoms with Crippen LogP contribution in [0.4, 0.5) is 5.69 Å². The molecule has 0 heterocycles. The van der Waals surface area contributed by atoms with Crippen molar-refractivity contribution >= 4 is 45.1 Å². The Bertz CT molecular complexity index is 703. The number of hydrogen-bond acceptors (Lipinski definition) is 2. The van der Waals surface area contributed by atoms with Gasteiger partial charge in [0.15, 0.2) is 0 Å². The van der Waals surface area contributed by atoms with E-state index in [9.17, 15) is 9.59 Å². The molecular formula is C15H11BrClNO3. The van der Waals surface area contributed by atoms with E-state index >= 15 is 0 Å². The zero-order chi connectivity index (χ0) is 15.4. The summed E-state index contributed by atoms with van der Waals surface area (Å²) < 4.78 is 0.681. The summed E-state index contributed by atoms with van der Waals surface area (Å²) >= 11 is 9.25. The Morgan fingerprint density at radius 1 is 1.19 bits per heavy atom. The topological polar surface area (TPSA) is 66.4 Å². The maximum absolute atomic E-state index is 12.0. The van der Waals surface area contributed by atoms with Crippen LogP contribution >= 0.6 is 27.5 Å². The van der Waals surface area contributed by atoms with Crippen molar-refractivity contribution in [1.29, 1.82) is 0 Å². The van der Waals surface area contributed by atoms with Crippen LogP contribution in [0.3, 0.4) is 0 Å². The van der Waals surface area contributed by atoms with E-state index in [-0.39, 0.29) is 23.6 Å². The average molecular weight is 369 g/mol. The second-order valence-corrected chi connectivity index (χ2v) is 5.63. The summed E-state index contributed by atoms with van der Waals surface area (Å²) in [4.78, 5) is 23.2. The summed E-state index contributed by atoms with van der Waals surface area (Å²) in [6.45, 7) is 0. The van der Waals surface area contributed by atoms with Gasteiger partial charge in [-0.25, -0.2) is 4.79 Å². The zero-order valence-corrected chi connectivity index (χ0v) is 13.1. The lowest BCUT2D eigenvalue weighted by Gasteiger charge is -2.09. The molecule has 0 saturated carbocycles. The highest BCUT2D eigenvalue weighted by Crippen LogP contribution is 2.22. The van der Waals surface area contributed by atoms with E-state index in [0.717, 1.165) is 0 Å². The third kappa shape index (κ3) is 4.06. The van der Waals surface area contributed by atoms with Crippen LogP contribution in [0.5, 0.6) is 0 Å². The average Bonchev–Trinajstić information content (AvgIpc) is 2.41. The van der Waals surface area contributed by atoms with Gasteiger partial charge in [-0.05, 0) is 29.8 Å². The van der Waals surface area contributed by atoms with Crippen molar-refractivity contribution in [2.24, 2.45) is 0 Å². The molecule has 1 amide bonds. The zero-order valence-electron chi connectivity index (χ0n) is 10.8. The SMILES string of the molecule is O=C(Cc1ccccc1Cl)Nc1cc(Br)ccc1C(=O)O. The standard InChI is InChI=1S/C15H11BrClNO3/c16-10-5-6-11(15(20)21)13(8-10)18-14(19)7-9-3-1-2-4-12(9)17/h1-6,8H,7H2,(H,18,19)(H,20,21). The summed E-state index contributed by atoms with van der Waals surface area (Å²) in [5, 5.41) is 12.2. The number of hydrogen-bond donors (Lipinski definition) is 2. The van der Waals surface area contributed by atoms with E-state index in [2.05, 4.69) is 21.2 Å². The largest absolute Gasteiger partial charge is 0.478 e. The van der Waals surface area contributed by atoms with Crippen LogP contribution in [0.2, 0.25) is 5.02 Å². The third-order valence-electron chi connectivity index (χ3n) is 2.79. The molecule has 0 bridgehead atoms. The minimum atomic E-state index is -1.10. The smallest absolute Gasteiger partial charge is 0.337 e. The first-order valence-electron chi connectivity index (χ1n) is 6.03. The number of benzene rings is 2. The van der Waals surface area contributed by atoms with Gasteiger partial charge in [-0.15, -0.1) is 0 Å². The molecule has 0 aromatic heterocycles. The lowest BCUT2D eigenvalue weighted by Crippen LogP contribution is -2.17. The molecule has 0 atom stereocenters. The van der Waals surface area contributed by atoms with Crippen LogP contribution in [0.15, 0.2) is 46.9 Å². The molecule has 2 rings (SSSR count). The summed E-state index contributed by atoms with van der Waals surface area (Å²) in [5.41, 5.74) is 0.961. The fraction of sp³-hybridized carbons (Fsp3) is 0.0667. The van der Waals surface area contributed by atoms with Crippen molar-refractivity contribution in [1.82, 2.24) is 0 Å². The van der Waals surface area contributed by atoms with Crippen LogP contribution in [0.1, 0.15) is 15.9 Å². The van der Waals surface area contributed by atoms with Crippen LogP contribution in [-0.2, 0) is 11.2 Å². The number of carboxylic acids is 1. The molecule has 0 spiro atoms. The summed E-state index contributed by atoms with van der Waals surface area (Å²) in [6.07, 6.45) is 0.0746. The molecule has 21 heavy (non-hydrogen) atoms. The number of amides is 1. The van der Waals surface area contributed by atoms with Crippen LogP contribution < -0.4 is 5.32 Å². The molecule has 0 aliphatic heterocycles. The number of carboxylic acid groups (broad SMARTS) is 1. The Hall–Kier alpha value is -1.85. The van der Waals surface area contributed by atoms with Gasteiger partial charge in [-0.2, -0.15) is 0 Å². The summed E-state index contributed by atoms with van der Waals surface area (Å²) in [6, 6.07) is 11.6. The summed E-state index contributed by atoms with van der Waals surface area (Å²) in [7, 11) is 0. The molecule has 0 radical (unpaired) electrons. The highest BCUT2D eigenvalue weighted by molar-refractivity contribution is 9.10. The van der Waals surface area contributed by atoms with Crippen LogP contribution in [0, 0.1) is 0 Å². The molecule has 2 N–H and O–H groups in total. The van der Waals surface area contributed by atoms with Gasteiger partial charge in [0.05, 0.1) is 17.7 Å². The second-order valence-electron chi connectivity index (χ2n) is 4.31. The monoisotopic (exact) mass is 367 g/mol. The number of rotatable bonds is 4. The van der Waals surface area contributed by atoms with Crippen LogP contribution in [0.25, 0.3) is 0 Å². The van der Waals surface area contributed by atoms with Gasteiger partial charge in [0.1, 0.15) is 0 Å². The third-order valence-corrected chi connectivity index (χ3v) is 3.66. The minimum Gasteiger partial charge on any atom is -0.478 e. The molecule has 6 heteroatoms. The van der Waals surface area contributed by atoms with Gasteiger partial charge in [0.25, 0.3) is 0 Å². The number of nitrogens with one attached hydrogen (secondary N) is 1. The molecule has 0 aliphatic rings. The maximum Gasteiger partial charge on any atom is 0.337 e. The number of carbonyl (C=O) groups is 2. The molecule has 0 aliphatic carbocycles. The Morgan fingerprint density at radius 2 is 1.90 bits per heavy atom. The molecule has 108 valence electrons. The molecule has 0 fully saturated rings. The fourth-order valence-electron chi connectivity index (χ4n) is 1.82. The highest BCUT2D eigenvalue weighted by atomic mass is 79.9. The molecule has 0 saturated heterocycles. The molecule has 4 nitrogen and oxygen atoms in total. The first kappa shape index (κ1) is 15.5. The maximum atomic E-state index is 12.0. The Kier molecular flexibility index (Phi) is 4.98. The molecule has 0 unspecified atom stereocenters. The Balaban J connectivity index is 2.18. The fourth-order valence-corrected chi connectivity index (χ4v) is 2.38. The van der Waals surface area contributed by atoms with Crippen molar-refractivity contribution in [3.63, 3.8) is 0 Å². The van der Waals surface area contributed by atoms with Gasteiger partial charge >= 0.3 is 5.97 Å². The minimum absolute atomic E-state index is 0.0331. The van der Waals surface area contributed by atoms with Crippen molar-refractivity contribution in [2.45, 2.75) is 6.42 Å². The van der Waals surface area contributed by atoms with Crippen molar-refractivity contribution in [2.75, 3.05) is 5.32 Å². The van der Waals surface area contributed by atoms with E-state index in [1.165, 1.54) is 6.07 Å². The van der Waals surface area contributed by atoms with Gasteiger partial charge in [0, 0.05) is 9.50 Å². The van der Waals surface area contributed by atoms with Gasteiger partial charge in [-0.1, -0.05) is 45.7 Å². The normalized spacial score (nSPS) is 10.2. The van der Waals surface area contributed by atoms with Gasteiger partial charge < -0.3 is 10.4 Å². The molecule has 2 aromatic rings.